The van der Waals surface area contributed by atoms with Gasteiger partial charge in [0.15, 0.2) is 11.7 Å². The summed E-state index contributed by atoms with van der Waals surface area (Å²) in [5, 5.41) is 14.6. The Labute approximate surface area is 181 Å². The predicted molar refractivity (Wildman–Crippen MR) is 116 cm³/mol. The van der Waals surface area contributed by atoms with Crippen molar-refractivity contribution in [3.8, 4) is 5.75 Å². The highest BCUT2D eigenvalue weighted by Crippen LogP contribution is 2.47. The smallest absolute Gasteiger partial charge is 0.311 e. The van der Waals surface area contributed by atoms with Crippen molar-refractivity contribution in [2.24, 2.45) is 16.8 Å². The summed E-state index contributed by atoms with van der Waals surface area (Å²) in [6.45, 7) is 5.18. The first-order chi connectivity index (χ1) is 13.1. The standard InChI is InChI=1S/C19H26N4O4.HI/c1-3-20-19(22-10-13-14(11-22)17-7-6-16(13)27-17)21-9-12-4-5-18(26-2)15(8-12)23(24)25;/h4-5,8,13-14,16-17H,3,6-7,9-11H2,1-2H3,(H,20,21);1H. The summed E-state index contributed by atoms with van der Waals surface area (Å²) in [6, 6.07) is 5.00. The van der Waals surface area contributed by atoms with Crippen LogP contribution in [0.5, 0.6) is 5.75 Å². The van der Waals surface area contributed by atoms with Crippen LogP contribution in [-0.4, -0.2) is 54.7 Å². The van der Waals surface area contributed by atoms with E-state index in [1.165, 1.54) is 20.0 Å². The largest absolute Gasteiger partial charge is 0.490 e. The molecular formula is C19H27IN4O4. The van der Waals surface area contributed by atoms with Crippen LogP contribution in [0, 0.1) is 22.0 Å². The topological polar surface area (TPSA) is 89.2 Å². The monoisotopic (exact) mass is 502 g/mol. The molecule has 0 spiro atoms. The van der Waals surface area contributed by atoms with Crippen molar-refractivity contribution < 1.29 is 14.4 Å². The van der Waals surface area contributed by atoms with E-state index in [1.54, 1.807) is 12.1 Å². The number of benzene rings is 1. The molecule has 3 aliphatic heterocycles. The highest BCUT2D eigenvalue weighted by molar-refractivity contribution is 14.0. The number of halogens is 1. The quantitative estimate of drug-likeness (QED) is 0.219. The van der Waals surface area contributed by atoms with Crippen LogP contribution in [-0.2, 0) is 11.3 Å². The van der Waals surface area contributed by atoms with Gasteiger partial charge in [0.25, 0.3) is 0 Å². The molecule has 0 amide bonds. The lowest BCUT2D eigenvalue weighted by Crippen LogP contribution is -2.41. The molecule has 9 heteroatoms. The van der Waals surface area contributed by atoms with Crippen molar-refractivity contribution in [3.05, 3.63) is 33.9 Å². The van der Waals surface area contributed by atoms with Gasteiger partial charge in [0.05, 0.1) is 30.8 Å². The first-order valence-corrected chi connectivity index (χ1v) is 9.60. The Morgan fingerprint density at radius 1 is 1.36 bits per heavy atom. The molecule has 0 radical (unpaired) electrons. The lowest BCUT2D eigenvalue weighted by Gasteiger charge is -2.23. The van der Waals surface area contributed by atoms with E-state index in [-0.39, 0.29) is 35.4 Å². The van der Waals surface area contributed by atoms with E-state index in [1.807, 2.05) is 6.07 Å². The molecule has 8 nitrogen and oxygen atoms in total. The molecule has 0 aromatic heterocycles. The molecule has 154 valence electrons. The number of likely N-dealkylation sites (tertiary alicyclic amines) is 1. The minimum atomic E-state index is -0.422. The third kappa shape index (κ3) is 3.91. The van der Waals surface area contributed by atoms with E-state index in [0.29, 0.717) is 30.6 Å². The zero-order valence-corrected chi connectivity index (χ0v) is 18.5. The Hall–Kier alpha value is -1.62. The van der Waals surface area contributed by atoms with Gasteiger partial charge in [0, 0.05) is 37.5 Å². The van der Waals surface area contributed by atoms with Crippen molar-refractivity contribution >= 4 is 35.6 Å². The molecule has 2 bridgehead atoms. The van der Waals surface area contributed by atoms with Crippen LogP contribution in [0.1, 0.15) is 25.3 Å². The minimum absolute atomic E-state index is 0. The maximum atomic E-state index is 11.2. The number of methoxy groups -OCH3 is 1. The van der Waals surface area contributed by atoms with Gasteiger partial charge in [0.1, 0.15) is 0 Å². The normalized spacial score (nSPS) is 28.1. The molecule has 4 atom stereocenters. The molecule has 1 N–H and O–H groups in total. The molecule has 3 fully saturated rings. The average Bonchev–Trinajstić information content (AvgIpc) is 3.37. The Morgan fingerprint density at radius 3 is 2.61 bits per heavy atom. The van der Waals surface area contributed by atoms with Gasteiger partial charge in [-0.2, -0.15) is 0 Å². The third-order valence-corrected chi connectivity index (χ3v) is 5.94. The number of nitrogens with zero attached hydrogens (tertiary/aromatic N) is 3. The SMILES string of the molecule is CCNC(=NCc1ccc(OC)c([N+](=O)[O-])c1)N1CC2C3CCC(O3)C2C1.I. The number of hydrogen-bond acceptors (Lipinski definition) is 5. The van der Waals surface area contributed by atoms with E-state index >= 15 is 0 Å². The number of fused-ring (bicyclic) bond motifs is 5. The Morgan fingerprint density at radius 2 is 2.04 bits per heavy atom. The summed E-state index contributed by atoms with van der Waals surface area (Å²) in [5.74, 6) is 2.36. The summed E-state index contributed by atoms with van der Waals surface area (Å²) in [5.41, 5.74) is 0.764. The van der Waals surface area contributed by atoms with Gasteiger partial charge in [-0.3, -0.25) is 10.1 Å². The summed E-state index contributed by atoms with van der Waals surface area (Å²) in [6.07, 6.45) is 3.19. The summed E-state index contributed by atoms with van der Waals surface area (Å²) >= 11 is 0. The molecule has 0 aliphatic carbocycles. The highest BCUT2D eigenvalue weighted by Gasteiger charge is 2.53. The molecule has 1 aromatic carbocycles. The fourth-order valence-corrected chi connectivity index (χ4v) is 4.70. The second kappa shape index (κ2) is 8.81. The minimum Gasteiger partial charge on any atom is -0.490 e. The fraction of sp³-hybridized carbons (Fsp3) is 0.632. The number of nitrogens with one attached hydrogen (secondary N) is 1. The zero-order chi connectivity index (χ0) is 19.0. The van der Waals surface area contributed by atoms with Crippen LogP contribution >= 0.6 is 24.0 Å². The number of ether oxygens (including phenoxy) is 2. The van der Waals surface area contributed by atoms with Crippen LogP contribution in [0.3, 0.4) is 0 Å². The van der Waals surface area contributed by atoms with Crippen LogP contribution in [0.4, 0.5) is 5.69 Å². The Balaban J connectivity index is 0.00000225. The van der Waals surface area contributed by atoms with Crippen molar-refractivity contribution in [1.82, 2.24) is 10.2 Å². The van der Waals surface area contributed by atoms with Gasteiger partial charge in [-0.15, -0.1) is 24.0 Å². The summed E-state index contributed by atoms with van der Waals surface area (Å²) in [7, 11) is 1.44. The highest BCUT2D eigenvalue weighted by atomic mass is 127. The maximum absolute atomic E-state index is 11.2. The maximum Gasteiger partial charge on any atom is 0.311 e. The number of guanidine groups is 1. The van der Waals surface area contributed by atoms with Gasteiger partial charge in [-0.25, -0.2) is 4.99 Å². The number of hydrogen-bond donors (Lipinski definition) is 1. The van der Waals surface area contributed by atoms with E-state index in [4.69, 9.17) is 14.5 Å². The van der Waals surface area contributed by atoms with E-state index in [2.05, 4.69) is 17.1 Å². The molecule has 1 aromatic rings. The number of nitro benzene ring substituents is 1. The van der Waals surface area contributed by atoms with E-state index < -0.39 is 4.92 Å². The van der Waals surface area contributed by atoms with Crippen LogP contribution in [0.15, 0.2) is 23.2 Å². The van der Waals surface area contributed by atoms with Gasteiger partial charge in [0.2, 0.25) is 0 Å². The van der Waals surface area contributed by atoms with Crippen LogP contribution in [0.25, 0.3) is 0 Å². The van der Waals surface area contributed by atoms with Crippen molar-refractivity contribution in [2.75, 3.05) is 26.7 Å². The Kier molecular flexibility index (Phi) is 6.64. The van der Waals surface area contributed by atoms with E-state index in [9.17, 15) is 10.1 Å². The van der Waals surface area contributed by atoms with Gasteiger partial charge >= 0.3 is 5.69 Å². The van der Waals surface area contributed by atoms with Crippen LogP contribution < -0.4 is 10.1 Å². The first kappa shape index (κ1) is 21.1. The average molecular weight is 502 g/mol. The Bertz CT molecular complexity index is 741. The molecule has 28 heavy (non-hydrogen) atoms. The molecule has 3 heterocycles. The van der Waals surface area contributed by atoms with Crippen molar-refractivity contribution in [2.45, 2.75) is 38.5 Å². The number of rotatable bonds is 5. The lowest BCUT2D eigenvalue weighted by atomic mass is 9.82. The molecule has 4 rings (SSSR count). The predicted octanol–water partition coefficient (Wildman–Crippen LogP) is 2.80. The lowest BCUT2D eigenvalue weighted by molar-refractivity contribution is -0.385. The van der Waals surface area contributed by atoms with E-state index in [0.717, 1.165) is 31.2 Å². The van der Waals surface area contributed by atoms with Gasteiger partial charge < -0.3 is 19.7 Å². The summed E-state index contributed by atoms with van der Waals surface area (Å²) in [4.78, 5) is 17.9. The molecule has 0 saturated carbocycles. The van der Waals surface area contributed by atoms with Gasteiger partial charge in [-0.05, 0) is 31.4 Å². The van der Waals surface area contributed by atoms with Crippen LogP contribution in [0.2, 0.25) is 0 Å². The first-order valence-electron chi connectivity index (χ1n) is 9.60. The second-order valence-corrected chi connectivity index (χ2v) is 7.46. The molecule has 3 saturated heterocycles. The number of nitro groups is 1. The zero-order valence-electron chi connectivity index (χ0n) is 16.2. The van der Waals surface area contributed by atoms with Crippen molar-refractivity contribution in [3.63, 3.8) is 0 Å². The fourth-order valence-electron chi connectivity index (χ4n) is 4.70. The molecule has 4 unspecified atom stereocenters. The second-order valence-electron chi connectivity index (χ2n) is 7.46. The summed E-state index contributed by atoms with van der Waals surface area (Å²) < 4.78 is 11.1. The number of aliphatic imine (C=N–C) groups is 1. The third-order valence-electron chi connectivity index (χ3n) is 5.94. The molecule has 3 aliphatic rings. The van der Waals surface area contributed by atoms with Crippen molar-refractivity contribution in [1.29, 1.82) is 0 Å². The molecular weight excluding hydrogens is 475 g/mol. The van der Waals surface area contributed by atoms with Gasteiger partial charge in [-0.1, -0.05) is 6.07 Å².